The molecule has 0 fully saturated rings. The van der Waals surface area contributed by atoms with E-state index in [1.165, 1.54) is 24.3 Å². The summed E-state index contributed by atoms with van der Waals surface area (Å²) >= 11 is 0. The molecule has 156 valence electrons. The Balaban J connectivity index is 1.63. The highest BCUT2D eigenvalue weighted by Crippen LogP contribution is 2.22. The van der Waals surface area contributed by atoms with Crippen LogP contribution in [-0.4, -0.2) is 26.0 Å². The molecule has 3 rings (SSSR count). The second kappa shape index (κ2) is 9.00. The number of hydrogen-bond donors (Lipinski definition) is 3. The van der Waals surface area contributed by atoms with Crippen molar-refractivity contribution in [3.8, 4) is 5.75 Å². The molecule has 0 aliphatic heterocycles. The Bertz CT molecular complexity index is 1160. The number of amides is 1. The smallest absolute Gasteiger partial charge is 0.261 e. The van der Waals surface area contributed by atoms with Gasteiger partial charge in [-0.3, -0.25) is 9.52 Å². The van der Waals surface area contributed by atoms with Gasteiger partial charge >= 0.3 is 0 Å². The van der Waals surface area contributed by atoms with Gasteiger partial charge in [0.2, 0.25) is 0 Å². The van der Waals surface area contributed by atoms with E-state index in [9.17, 15) is 18.3 Å². The number of carbonyl (C=O) groups excluding carboxylic acids is 1. The molecule has 0 spiro atoms. The Labute approximate surface area is 176 Å². The lowest BCUT2D eigenvalue weighted by atomic mass is 10.1. The minimum absolute atomic E-state index is 0.0831. The number of phenolic OH excluding ortho intramolecular Hbond substituents is 1. The predicted octanol–water partition coefficient (Wildman–Crippen LogP) is 3.78. The van der Waals surface area contributed by atoms with Gasteiger partial charge in [0.15, 0.2) is 0 Å². The number of phenols is 1. The summed E-state index contributed by atoms with van der Waals surface area (Å²) in [6, 6.07) is 18.1. The quantitative estimate of drug-likeness (QED) is 0.538. The fourth-order valence-electron chi connectivity index (χ4n) is 2.99. The number of carbonyl (C=O) groups is 1. The van der Waals surface area contributed by atoms with E-state index in [4.69, 9.17) is 0 Å². The number of nitrogens with one attached hydrogen (secondary N) is 2. The topological polar surface area (TPSA) is 95.5 Å². The van der Waals surface area contributed by atoms with E-state index in [0.29, 0.717) is 24.2 Å². The Hall–Kier alpha value is -3.32. The largest absolute Gasteiger partial charge is 0.508 e. The summed E-state index contributed by atoms with van der Waals surface area (Å²) in [4.78, 5) is 12.4. The Kier molecular flexibility index (Phi) is 6.42. The summed E-state index contributed by atoms with van der Waals surface area (Å²) in [5.74, 6) is -0.105. The van der Waals surface area contributed by atoms with Gasteiger partial charge in [-0.15, -0.1) is 0 Å². The van der Waals surface area contributed by atoms with Gasteiger partial charge < -0.3 is 10.4 Å². The number of aryl methyl sites for hydroxylation is 1. The molecule has 0 atom stereocenters. The Morgan fingerprint density at radius 1 is 0.967 bits per heavy atom. The van der Waals surface area contributed by atoms with Crippen molar-refractivity contribution in [2.24, 2.45) is 0 Å². The van der Waals surface area contributed by atoms with E-state index < -0.39 is 10.0 Å². The van der Waals surface area contributed by atoms with Gasteiger partial charge in [-0.05, 0) is 79.4 Å². The van der Waals surface area contributed by atoms with E-state index in [2.05, 4.69) is 10.0 Å². The maximum atomic E-state index is 12.7. The van der Waals surface area contributed by atoms with Crippen LogP contribution in [0.3, 0.4) is 0 Å². The van der Waals surface area contributed by atoms with E-state index in [1.807, 2.05) is 26.0 Å². The van der Waals surface area contributed by atoms with Crippen molar-refractivity contribution in [3.05, 3.63) is 89.0 Å². The van der Waals surface area contributed by atoms with Crippen LogP contribution in [0.25, 0.3) is 0 Å². The van der Waals surface area contributed by atoms with E-state index in [1.54, 1.807) is 30.3 Å². The van der Waals surface area contributed by atoms with Gasteiger partial charge in [0.25, 0.3) is 15.9 Å². The third-order valence-electron chi connectivity index (χ3n) is 4.89. The second-order valence-electron chi connectivity index (χ2n) is 7.05. The molecule has 30 heavy (non-hydrogen) atoms. The SMILES string of the molecule is Cc1cccc(NS(=O)(=O)c2ccc(C(=O)NCCc3cccc(O)c3)cc2)c1C. The van der Waals surface area contributed by atoms with Crippen molar-refractivity contribution in [1.82, 2.24) is 5.32 Å². The summed E-state index contributed by atoms with van der Waals surface area (Å²) in [5, 5.41) is 12.3. The lowest BCUT2D eigenvalue weighted by Crippen LogP contribution is -2.25. The first kappa shape index (κ1) is 21.4. The van der Waals surface area contributed by atoms with Crippen molar-refractivity contribution in [3.63, 3.8) is 0 Å². The minimum atomic E-state index is -3.76. The van der Waals surface area contributed by atoms with Gasteiger partial charge in [0.1, 0.15) is 5.75 Å². The van der Waals surface area contributed by atoms with Crippen molar-refractivity contribution in [2.45, 2.75) is 25.2 Å². The monoisotopic (exact) mass is 424 g/mol. The zero-order chi connectivity index (χ0) is 21.7. The van der Waals surface area contributed by atoms with E-state index >= 15 is 0 Å². The highest BCUT2D eigenvalue weighted by Gasteiger charge is 2.16. The molecule has 0 radical (unpaired) electrons. The molecule has 3 N–H and O–H groups in total. The van der Waals surface area contributed by atoms with Crippen molar-refractivity contribution >= 4 is 21.6 Å². The summed E-state index contributed by atoms with van der Waals surface area (Å²) < 4.78 is 27.9. The van der Waals surface area contributed by atoms with Gasteiger partial charge in [0.05, 0.1) is 10.6 Å². The zero-order valence-electron chi connectivity index (χ0n) is 16.8. The third kappa shape index (κ3) is 5.18. The molecule has 6 nitrogen and oxygen atoms in total. The summed E-state index contributed by atoms with van der Waals surface area (Å²) in [5.41, 5.74) is 3.67. The molecule has 7 heteroatoms. The molecule has 0 unspecified atom stereocenters. The first-order valence-electron chi connectivity index (χ1n) is 9.51. The molecule has 0 aromatic heterocycles. The molecular weight excluding hydrogens is 400 g/mol. The van der Waals surface area contributed by atoms with Crippen LogP contribution in [0.4, 0.5) is 5.69 Å². The molecule has 0 aliphatic carbocycles. The van der Waals surface area contributed by atoms with Crippen LogP contribution in [0.15, 0.2) is 71.6 Å². The van der Waals surface area contributed by atoms with Gasteiger partial charge in [-0.1, -0.05) is 24.3 Å². The normalized spacial score (nSPS) is 11.1. The fraction of sp³-hybridized carbons (Fsp3) is 0.174. The molecular formula is C23H24N2O4S. The van der Waals surface area contributed by atoms with Crippen molar-refractivity contribution < 1.29 is 18.3 Å². The van der Waals surface area contributed by atoms with Crippen molar-refractivity contribution in [2.75, 3.05) is 11.3 Å². The van der Waals surface area contributed by atoms with Crippen LogP contribution >= 0.6 is 0 Å². The molecule has 0 bridgehead atoms. The number of sulfonamides is 1. The van der Waals surface area contributed by atoms with Crippen LogP contribution < -0.4 is 10.0 Å². The molecule has 0 saturated heterocycles. The third-order valence-corrected chi connectivity index (χ3v) is 6.27. The average molecular weight is 425 g/mol. The Morgan fingerprint density at radius 2 is 1.67 bits per heavy atom. The summed E-state index contributed by atoms with van der Waals surface area (Å²) in [6.45, 7) is 4.18. The van der Waals surface area contributed by atoms with Gasteiger partial charge in [-0.25, -0.2) is 8.42 Å². The van der Waals surface area contributed by atoms with Crippen molar-refractivity contribution in [1.29, 1.82) is 0 Å². The molecule has 3 aromatic carbocycles. The van der Waals surface area contributed by atoms with Gasteiger partial charge in [-0.2, -0.15) is 0 Å². The van der Waals surface area contributed by atoms with Gasteiger partial charge in [0, 0.05) is 12.1 Å². The van der Waals surface area contributed by atoms with E-state index in [-0.39, 0.29) is 16.6 Å². The first-order chi connectivity index (χ1) is 14.3. The number of aromatic hydroxyl groups is 1. The molecule has 0 heterocycles. The van der Waals surface area contributed by atoms with Crippen LogP contribution in [0.2, 0.25) is 0 Å². The van der Waals surface area contributed by atoms with Crippen LogP contribution in [0, 0.1) is 13.8 Å². The highest BCUT2D eigenvalue weighted by atomic mass is 32.2. The second-order valence-corrected chi connectivity index (χ2v) is 8.74. The minimum Gasteiger partial charge on any atom is -0.508 e. The molecule has 1 amide bonds. The molecule has 3 aromatic rings. The number of hydrogen-bond acceptors (Lipinski definition) is 4. The average Bonchev–Trinajstić information content (AvgIpc) is 2.71. The summed E-state index contributed by atoms with van der Waals surface area (Å²) in [7, 11) is -3.76. The maximum Gasteiger partial charge on any atom is 0.261 e. The lowest BCUT2D eigenvalue weighted by molar-refractivity contribution is 0.0954. The van der Waals surface area contributed by atoms with E-state index in [0.717, 1.165) is 16.7 Å². The molecule has 0 saturated carbocycles. The molecule has 0 aliphatic rings. The van der Waals surface area contributed by atoms with Crippen LogP contribution in [-0.2, 0) is 16.4 Å². The zero-order valence-corrected chi connectivity index (χ0v) is 17.7. The van der Waals surface area contributed by atoms with Crippen LogP contribution in [0.5, 0.6) is 5.75 Å². The number of benzene rings is 3. The Morgan fingerprint density at radius 3 is 2.37 bits per heavy atom. The predicted molar refractivity (Wildman–Crippen MR) is 117 cm³/mol. The lowest BCUT2D eigenvalue weighted by Gasteiger charge is -2.12. The maximum absolute atomic E-state index is 12.7. The first-order valence-corrected chi connectivity index (χ1v) is 11.0. The fourth-order valence-corrected chi connectivity index (χ4v) is 4.11. The summed E-state index contributed by atoms with van der Waals surface area (Å²) in [6.07, 6.45) is 0.576. The standard InChI is InChI=1S/C23H24N2O4S/c1-16-5-3-8-22(17(16)2)25-30(28,29)21-11-9-19(10-12-21)23(27)24-14-13-18-6-4-7-20(26)15-18/h3-12,15,25-26H,13-14H2,1-2H3,(H,24,27). The number of rotatable bonds is 7. The highest BCUT2D eigenvalue weighted by molar-refractivity contribution is 7.92. The number of anilines is 1. The van der Waals surface area contributed by atoms with Crippen LogP contribution in [0.1, 0.15) is 27.0 Å².